The first-order valence-corrected chi connectivity index (χ1v) is 11.8. The molecule has 3 aliphatic rings. The van der Waals surface area contributed by atoms with Gasteiger partial charge in [0, 0.05) is 60.1 Å². The van der Waals surface area contributed by atoms with Crippen molar-refractivity contribution in [3.63, 3.8) is 0 Å². The Morgan fingerprint density at radius 3 is 2.55 bits per heavy atom. The summed E-state index contributed by atoms with van der Waals surface area (Å²) in [7, 11) is 2.19. The standard InChI is InChI=1S/C24H34F3N5O/c1-4-13(2)31-21(8-20(28)15-5-19(24(25,26)27)23(29)30-9-15)22-17-6-16(7-18(17)22)32(3)10-14-11-33-12-14/h5,9,13-14,16-18,22,28H,4,6-8,10-12H2,1-3H3,(H2,29,30). The van der Waals surface area contributed by atoms with E-state index in [9.17, 15) is 13.2 Å². The molecule has 0 radical (unpaired) electrons. The van der Waals surface area contributed by atoms with Crippen LogP contribution in [0.25, 0.3) is 0 Å². The second-order valence-electron chi connectivity index (χ2n) is 10.0. The summed E-state index contributed by atoms with van der Waals surface area (Å²) in [5.41, 5.74) is 5.66. The highest BCUT2D eigenvalue weighted by Crippen LogP contribution is 2.59. The van der Waals surface area contributed by atoms with Crippen molar-refractivity contribution in [2.24, 2.45) is 28.7 Å². The zero-order valence-corrected chi connectivity index (χ0v) is 19.5. The molecule has 3 N–H and O–H groups in total. The van der Waals surface area contributed by atoms with Gasteiger partial charge in [-0.1, -0.05) is 6.92 Å². The van der Waals surface area contributed by atoms with Crippen LogP contribution in [-0.4, -0.2) is 60.2 Å². The quantitative estimate of drug-likeness (QED) is 0.533. The molecule has 1 aromatic heterocycles. The van der Waals surface area contributed by atoms with E-state index in [1.165, 1.54) is 6.20 Å². The van der Waals surface area contributed by atoms with E-state index >= 15 is 0 Å². The van der Waals surface area contributed by atoms with Crippen molar-refractivity contribution in [2.45, 2.75) is 57.8 Å². The van der Waals surface area contributed by atoms with Gasteiger partial charge in [0.1, 0.15) is 5.82 Å². The maximum Gasteiger partial charge on any atom is 0.419 e. The monoisotopic (exact) mass is 465 g/mol. The van der Waals surface area contributed by atoms with Gasteiger partial charge < -0.3 is 20.8 Å². The highest BCUT2D eigenvalue weighted by atomic mass is 19.4. The molecule has 182 valence electrons. The lowest BCUT2D eigenvalue weighted by atomic mass is 9.96. The molecule has 2 saturated carbocycles. The van der Waals surface area contributed by atoms with Gasteiger partial charge in [0.2, 0.25) is 0 Å². The molecule has 0 aromatic carbocycles. The Kier molecular flexibility index (Phi) is 6.82. The maximum absolute atomic E-state index is 13.2. The van der Waals surface area contributed by atoms with Crippen LogP contribution >= 0.6 is 0 Å². The number of halogens is 3. The normalized spacial score (nSPS) is 28.5. The number of ether oxygens (including phenoxy) is 1. The lowest BCUT2D eigenvalue weighted by molar-refractivity contribution is -0.137. The Labute approximate surface area is 193 Å². The van der Waals surface area contributed by atoms with Crippen molar-refractivity contribution >= 4 is 17.2 Å². The number of fused-ring (bicyclic) bond motifs is 1. The van der Waals surface area contributed by atoms with Crippen LogP contribution in [0.4, 0.5) is 19.0 Å². The maximum atomic E-state index is 13.2. The number of pyridine rings is 1. The smallest absolute Gasteiger partial charge is 0.383 e. The highest BCUT2D eigenvalue weighted by Gasteiger charge is 2.58. The van der Waals surface area contributed by atoms with E-state index in [-0.39, 0.29) is 23.7 Å². The Bertz CT molecular complexity index is 902. The summed E-state index contributed by atoms with van der Waals surface area (Å²) < 4.78 is 45.0. The zero-order chi connectivity index (χ0) is 23.9. The van der Waals surface area contributed by atoms with Crippen LogP contribution in [0.15, 0.2) is 17.3 Å². The van der Waals surface area contributed by atoms with E-state index in [1.54, 1.807) is 0 Å². The van der Waals surface area contributed by atoms with Gasteiger partial charge in [-0.05, 0) is 51.1 Å². The second kappa shape index (κ2) is 9.33. The number of alkyl halides is 3. The Hall–Kier alpha value is -2.00. The molecule has 1 aromatic rings. The molecule has 4 rings (SSSR count). The van der Waals surface area contributed by atoms with Crippen LogP contribution in [0.2, 0.25) is 0 Å². The molecular weight excluding hydrogens is 431 g/mol. The third-order valence-electron chi connectivity index (χ3n) is 7.59. The van der Waals surface area contributed by atoms with Gasteiger partial charge >= 0.3 is 6.18 Å². The molecule has 3 fully saturated rings. The van der Waals surface area contributed by atoms with E-state index < -0.39 is 17.6 Å². The summed E-state index contributed by atoms with van der Waals surface area (Å²) >= 11 is 0. The number of nitrogens with two attached hydrogens (primary N) is 1. The molecule has 33 heavy (non-hydrogen) atoms. The lowest BCUT2D eigenvalue weighted by Gasteiger charge is -2.34. The van der Waals surface area contributed by atoms with Gasteiger partial charge in [0.05, 0.1) is 18.8 Å². The molecule has 3 unspecified atom stereocenters. The SMILES string of the molecule is CCC(C)N=C(CC(=N)c1cnc(N)c(C(F)(F)F)c1)C1C2CC(N(C)CC3COC3)CC21. The molecule has 0 bridgehead atoms. The second-order valence-corrected chi connectivity index (χ2v) is 10.0. The number of anilines is 1. The van der Waals surface area contributed by atoms with Crippen LogP contribution < -0.4 is 5.73 Å². The summed E-state index contributed by atoms with van der Waals surface area (Å²) in [6, 6.07) is 1.63. The van der Waals surface area contributed by atoms with Gasteiger partial charge in [0.25, 0.3) is 0 Å². The van der Waals surface area contributed by atoms with Gasteiger partial charge in [-0.2, -0.15) is 13.2 Å². The fraction of sp³-hybridized carbons (Fsp3) is 0.708. The van der Waals surface area contributed by atoms with Crippen molar-refractivity contribution < 1.29 is 17.9 Å². The lowest BCUT2D eigenvalue weighted by Crippen LogP contribution is -2.42. The Morgan fingerprint density at radius 2 is 2.00 bits per heavy atom. The van der Waals surface area contributed by atoms with Crippen molar-refractivity contribution in [1.29, 1.82) is 5.41 Å². The average Bonchev–Trinajstić information content (AvgIpc) is 3.21. The molecule has 6 nitrogen and oxygen atoms in total. The first-order chi connectivity index (χ1) is 15.6. The van der Waals surface area contributed by atoms with E-state index in [4.69, 9.17) is 20.9 Å². The molecule has 2 heterocycles. The summed E-state index contributed by atoms with van der Waals surface area (Å²) in [5, 5.41) is 8.52. The fourth-order valence-corrected chi connectivity index (χ4v) is 5.39. The van der Waals surface area contributed by atoms with E-state index in [0.717, 1.165) is 50.8 Å². The molecule has 3 atom stereocenters. The van der Waals surface area contributed by atoms with Crippen molar-refractivity contribution in [3.8, 4) is 0 Å². The van der Waals surface area contributed by atoms with Crippen molar-refractivity contribution in [1.82, 2.24) is 9.88 Å². The van der Waals surface area contributed by atoms with Gasteiger partial charge in [-0.25, -0.2) is 4.98 Å². The third kappa shape index (κ3) is 5.24. The summed E-state index contributed by atoms with van der Waals surface area (Å²) in [5.74, 6) is 1.52. The van der Waals surface area contributed by atoms with Crippen LogP contribution in [0, 0.1) is 29.1 Å². The van der Waals surface area contributed by atoms with Crippen LogP contribution in [0.1, 0.15) is 50.7 Å². The molecule has 1 aliphatic heterocycles. The predicted octanol–water partition coefficient (Wildman–Crippen LogP) is 4.28. The number of nitrogen functional groups attached to an aromatic ring is 1. The van der Waals surface area contributed by atoms with Crippen molar-refractivity contribution in [2.75, 3.05) is 32.5 Å². The van der Waals surface area contributed by atoms with Gasteiger partial charge in [0.15, 0.2) is 0 Å². The van der Waals surface area contributed by atoms with E-state index in [1.807, 2.05) is 6.92 Å². The highest BCUT2D eigenvalue weighted by molar-refractivity contribution is 6.12. The number of rotatable bonds is 9. The van der Waals surface area contributed by atoms with Gasteiger partial charge in [-0.3, -0.25) is 4.99 Å². The van der Waals surface area contributed by atoms with E-state index in [0.29, 0.717) is 29.7 Å². The first kappa shape index (κ1) is 24.1. The fourth-order valence-electron chi connectivity index (χ4n) is 5.39. The summed E-state index contributed by atoms with van der Waals surface area (Å²) in [4.78, 5) is 11.1. The molecule has 9 heteroatoms. The van der Waals surface area contributed by atoms with Crippen LogP contribution in [0.3, 0.4) is 0 Å². The van der Waals surface area contributed by atoms with Crippen LogP contribution in [0.5, 0.6) is 0 Å². The largest absolute Gasteiger partial charge is 0.419 e. The summed E-state index contributed by atoms with van der Waals surface area (Å²) in [6.07, 6.45) is 0.0415. The molecule has 1 saturated heterocycles. The van der Waals surface area contributed by atoms with Crippen LogP contribution in [-0.2, 0) is 10.9 Å². The van der Waals surface area contributed by atoms with E-state index in [2.05, 4.69) is 23.9 Å². The molecule has 2 aliphatic carbocycles. The third-order valence-corrected chi connectivity index (χ3v) is 7.59. The summed E-state index contributed by atoms with van der Waals surface area (Å²) in [6.45, 7) is 6.90. The minimum Gasteiger partial charge on any atom is -0.383 e. The minimum atomic E-state index is -4.60. The van der Waals surface area contributed by atoms with Gasteiger partial charge in [-0.15, -0.1) is 0 Å². The number of aromatic nitrogens is 1. The minimum absolute atomic E-state index is 0.110. The zero-order valence-electron chi connectivity index (χ0n) is 19.5. The number of aliphatic imine (C=N–C) groups is 1. The molecule has 0 spiro atoms. The molecule has 0 amide bonds. The number of nitrogens with zero attached hydrogens (tertiary/aromatic N) is 3. The topological polar surface area (TPSA) is 87.6 Å². The molecular formula is C24H34F3N5O. The Morgan fingerprint density at radius 1 is 1.33 bits per heavy atom. The number of nitrogens with one attached hydrogen (secondary N) is 1. The predicted molar refractivity (Wildman–Crippen MR) is 123 cm³/mol. The number of hydrogen-bond donors (Lipinski definition) is 2. The van der Waals surface area contributed by atoms with Crippen molar-refractivity contribution in [3.05, 3.63) is 23.4 Å². The number of hydrogen-bond acceptors (Lipinski definition) is 6. The Balaban J connectivity index is 1.43. The average molecular weight is 466 g/mol. The first-order valence-electron chi connectivity index (χ1n) is 11.8.